The van der Waals surface area contributed by atoms with E-state index in [-0.39, 0.29) is 30.4 Å². The summed E-state index contributed by atoms with van der Waals surface area (Å²) in [6.07, 6.45) is 2.56. The number of fused-ring (bicyclic) bond motifs is 1. The molecule has 4 rings (SSSR count). The van der Waals surface area contributed by atoms with E-state index in [1.807, 2.05) is 43.9 Å². The van der Waals surface area contributed by atoms with Gasteiger partial charge in [0.15, 0.2) is 0 Å². The van der Waals surface area contributed by atoms with E-state index in [9.17, 15) is 9.59 Å². The van der Waals surface area contributed by atoms with E-state index >= 15 is 0 Å². The van der Waals surface area contributed by atoms with Crippen molar-refractivity contribution in [1.29, 1.82) is 0 Å². The van der Waals surface area contributed by atoms with Crippen LogP contribution < -0.4 is 10.2 Å². The zero-order chi connectivity index (χ0) is 23.8. The number of amides is 1. The molecule has 1 unspecified atom stereocenters. The van der Waals surface area contributed by atoms with E-state index in [1.165, 1.54) is 0 Å². The van der Waals surface area contributed by atoms with Crippen molar-refractivity contribution in [1.82, 2.24) is 9.88 Å². The number of anilines is 2. The van der Waals surface area contributed by atoms with E-state index in [0.29, 0.717) is 24.7 Å². The normalized spacial score (nSPS) is 21.0. The first-order valence-electron chi connectivity index (χ1n) is 11.4. The molecule has 1 fully saturated rings. The SMILES string of the molecule is CCC1(c2cccc(N3CCN(CC(=O)OC(C)(C)C)CC3=O)c2)CNc2nccc(Cl)c21. The highest BCUT2D eigenvalue weighted by atomic mass is 35.5. The number of carbonyl (C=O) groups excluding carboxylic acids is 2. The molecule has 0 bridgehead atoms. The number of piperazine rings is 1. The zero-order valence-electron chi connectivity index (χ0n) is 19.7. The fourth-order valence-electron chi connectivity index (χ4n) is 4.76. The lowest BCUT2D eigenvalue weighted by molar-refractivity contribution is -0.156. The minimum Gasteiger partial charge on any atom is -0.459 e. The van der Waals surface area contributed by atoms with Crippen molar-refractivity contribution in [2.75, 3.05) is 42.9 Å². The number of halogens is 1. The van der Waals surface area contributed by atoms with Gasteiger partial charge >= 0.3 is 5.97 Å². The lowest BCUT2D eigenvalue weighted by Gasteiger charge is -2.35. The number of nitrogens with zero attached hydrogens (tertiary/aromatic N) is 3. The molecule has 1 aromatic carbocycles. The molecule has 1 aromatic heterocycles. The molecule has 8 heteroatoms. The summed E-state index contributed by atoms with van der Waals surface area (Å²) in [5.41, 5.74) is 2.13. The molecule has 2 aromatic rings. The van der Waals surface area contributed by atoms with Crippen molar-refractivity contribution in [3.63, 3.8) is 0 Å². The number of benzene rings is 1. The van der Waals surface area contributed by atoms with Crippen LogP contribution in [0.3, 0.4) is 0 Å². The van der Waals surface area contributed by atoms with Gasteiger partial charge in [0.05, 0.1) is 13.1 Å². The van der Waals surface area contributed by atoms with Gasteiger partial charge in [0.1, 0.15) is 11.4 Å². The van der Waals surface area contributed by atoms with Gasteiger partial charge in [-0.3, -0.25) is 14.5 Å². The second kappa shape index (κ2) is 8.95. The lowest BCUT2D eigenvalue weighted by Crippen LogP contribution is -2.52. The van der Waals surface area contributed by atoms with Crippen LogP contribution in [0.2, 0.25) is 5.02 Å². The predicted molar refractivity (Wildman–Crippen MR) is 130 cm³/mol. The number of carbonyl (C=O) groups is 2. The molecular weight excluding hydrogens is 440 g/mol. The first-order chi connectivity index (χ1) is 15.6. The molecular formula is C25H31ClN4O3. The van der Waals surface area contributed by atoms with Gasteiger partial charge in [-0.25, -0.2) is 4.98 Å². The largest absolute Gasteiger partial charge is 0.459 e. The summed E-state index contributed by atoms with van der Waals surface area (Å²) in [6, 6.07) is 9.96. The fraction of sp³-hybridized carbons (Fsp3) is 0.480. The van der Waals surface area contributed by atoms with Gasteiger partial charge in [0, 0.05) is 47.5 Å². The molecule has 2 aliphatic rings. The van der Waals surface area contributed by atoms with Crippen LogP contribution in [0.25, 0.3) is 0 Å². The van der Waals surface area contributed by atoms with Gasteiger partial charge < -0.3 is 15.0 Å². The maximum absolute atomic E-state index is 13.0. The predicted octanol–water partition coefficient (Wildman–Crippen LogP) is 3.85. The number of hydrogen-bond acceptors (Lipinski definition) is 6. The van der Waals surface area contributed by atoms with E-state index < -0.39 is 5.60 Å². The van der Waals surface area contributed by atoms with Crippen LogP contribution >= 0.6 is 11.6 Å². The summed E-state index contributed by atoms with van der Waals surface area (Å²) < 4.78 is 5.39. The monoisotopic (exact) mass is 470 g/mol. The summed E-state index contributed by atoms with van der Waals surface area (Å²) in [7, 11) is 0. The smallest absolute Gasteiger partial charge is 0.320 e. The topological polar surface area (TPSA) is 74.8 Å². The maximum Gasteiger partial charge on any atom is 0.320 e. The van der Waals surface area contributed by atoms with Crippen LogP contribution in [0.5, 0.6) is 0 Å². The molecule has 2 aliphatic heterocycles. The van der Waals surface area contributed by atoms with Crippen molar-refractivity contribution in [2.24, 2.45) is 0 Å². The van der Waals surface area contributed by atoms with E-state index in [0.717, 1.165) is 29.1 Å². The van der Waals surface area contributed by atoms with Crippen molar-refractivity contribution >= 4 is 35.0 Å². The van der Waals surface area contributed by atoms with Gasteiger partial charge in [-0.1, -0.05) is 30.7 Å². The van der Waals surface area contributed by atoms with Crippen LogP contribution in [-0.2, 0) is 19.7 Å². The van der Waals surface area contributed by atoms with E-state index in [1.54, 1.807) is 11.1 Å². The average Bonchev–Trinajstić information content (AvgIpc) is 3.14. The van der Waals surface area contributed by atoms with Gasteiger partial charge in [-0.05, 0) is 51.0 Å². The second-order valence-electron chi connectivity index (χ2n) is 9.70. The van der Waals surface area contributed by atoms with Crippen LogP contribution in [0, 0.1) is 0 Å². The summed E-state index contributed by atoms with van der Waals surface area (Å²) in [4.78, 5) is 33.3. The second-order valence-corrected chi connectivity index (χ2v) is 10.1. The van der Waals surface area contributed by atoms with Crippen molar-refractivity contribution < 1.29 is 14.3 Å². The standard InChI is InChI=1S/C25H31ClN4O3/c1-5-25(16-28-23-22(25)19(26)9-10-27-23)17-7-6-8-18(13-17)30-12-11-29(14-20(30)31)15-21(32)33-24(2,3)4/h6-10,13H,5,11-12,14-16H2,1-4H3,(H,27,28). The highest BCUT2D eigenvalue weighted by Crippen LogP contribution is 2.47. The summed E-state index contributed by atoms with van der Waals surface area (Å²) >= 11 is 6.60. The number of aromatic nitrogens is 1. The van der Waals surface area contributed by atoms with Crippen molar-refractivity contribution in [3.05, 3.63) is 52.7 Å². The summed E-state index contributed by atoms with van der Waals surface area (Å²) in [6.45, 7) is 9.79. The van der Waals surface area contributed by atoms with Crippen molar-refractivity contribution in [3.8, 4) is 0 Å². The summed E-state index contributed by atoms with van der Waals surface area (Å²) in [5, 5.41) is 4.10. The third-order valence-corrected chi connectivity index (χ3v) is 6.64. The first-order valence-corrected chi connectivity index (χ1v) is 11.7. The highest BCUT2D eigenvalue weighted by molar-refractivity contribution is 6.32. The molecule has 0 saturated carbocycles. The lowest BCUT2D eigenvalue weighted by atomic mass is 9.74. The number of rotatable bonds is 5. The van der Waals surface area contributed by atoms with Gasteiger partial charge in [-0.2, -0.15) is 0 Å². The molecule has 3 heterocycles. The Morgan fingerprint density at radius 3 is 2.76 bits per heavy atom. The molecule has 1 atom stereocenters. The minimum atomic E-state index is -0.537. The van der Waals surface area contributed by atoms with Gasteiger partial charge in [-0.15, -0.1) is 0 Å². The molecule has 176 valence electrons. The molecule has 1 saturated heterocycles. The van der Waals surface area contributed by atoms with Gasteiger partial charge in [0.25, 0.3) is 0 Å². The van der Waals surface area contributed by atoms with Crippen LogP contribution in [-0.4, -0.2) is 60.1 Å². The molecule has 1 amide bonds. The quantitative estimate of drug-likeness (QED) is 0.669. The Balaban J connectivity index is 1.53. The van der Waals surface area contributed by atoms with Gasteiger partial charge in [0.2, 0.25) is 5.91 Å². The minimum absolute atomic E-state index is 0.0304. The number of pyridine rings is 1. The molecule has 0 radical (unpaired) electrons. The number of hydrogen-bond donors (Lipinski definition) is 1. The molecule has 7 nitrogen and oxygen atoms in total. The highest BCUT2D eigenvalue weighted by Gasteiger charge is 2.42. The molecule has 1 N–H and O–H groups in total. The van der Waals surface area contributed by atoms with E-state index in [2.05, 4.69) is 29.4 Å². The third kappa shape index (κ3) is 4.70. The average molecular weight is 471 g/mol. The Hall–Kier alpha value is -2.64. The fourth-order valence-corrected chi connectivity index (χ4v) is 5.09. The van der Waals surface area contributed by atoms with Crippen LogP contribution in [0.15, 0.2) is 36.5 Å². The number of ether oxygens (including phenoxy) is 1. The Morgan fingerprint density at radius 2 is 2.06 bits per heavy atom. The van der Waals surface area contributed by atoms with Crippen LogP contribution in [0.1, 0.15) is 45.2 Å². The number of nitrogens with one attached hydrogen (secondary N) is 1. The molecule has 33 heavy (non-hydrogen) atoms. The first kappa shape index (κ1) is 23.5. The third-order valence-electron chi connectivity index (χ3n) is 6.32. The Bertz CT molecular complexity index is 1070. The Labute approximate surface area is 200 Å². The Kier molecular flexibility index (Phi) is 6.38. The Morgan fingerprint density at radius 1 is 1.27 bits per heavy atom. The van der Waals surface area contributed by atoms with Crippen LogP contribution in [0.4, 0.5) is 11.5 Å². The number of esters is 1. The molecule has 0 spiro atoms. The van der Waals surface area contributed by atoms with Crippen molar-refractivity contribution in [2.45, 2.75) is 45.1 Å². The summed E-state index contributed by atoms with van der Waals surface area (Å²) in [5.74, 6) is 0.479. The molecule has 0 aliphatic carbocycles. The zero-order valence-corrected chi connectivity index (χ0v) is 20.4. The van der Waals surface area contributed by atoms with E-state index in [4.69, 9.17) is 16.3 Å². The maximum atomic E-state index is 13.0.